The summed E-state index contributed by atoms with van der Waals surface area (Å²) in [5, 5.41) is 2.96. The molecule has 0 aromatic heterocycles. The summed E-state index contributed by atoms with van der Waals surface area (Å²) in [4.78, 5) is 14.0. The Morgan fingerprint density at radius 3 is 2.68 bits per heavy atom. The van der Waals surface area contributed by atoms with Crippen molar-refractivity contribution in [2.75, 3.05) is 36.5 Å². The van der Waals surface area contributed by atoms with Crippen molar-refractivity contribution < 1.29 is 9.53 Å². The Bertz CT molecular complexity index is 482. The van der Waals surface area contributed by atoms with Crippen molar-refractivity contribution in [3.63, 3.8) is 0 Å². The molecular formula is C14H17BrN2O2. The van der Waals surface area contributed by atoms with Crippen LogP contribution in [-0.2, 0) is 9.53 Å². The van der Waals surface area contributed by atoms with Crippen LogP contribution in [0.3, 0.4) is 0 Å². The van der Waals surface area contributed by atoms with Gasteiger partial charge >= 0.3 is 0 Å². The predicted octanol–water partition coefficient (Wildman–Crippen LogP) is 2.63. The average molecular weight is 325 g/mol. The van der Waals surface area contributed by atoms with Crippen molar-refractivity contribution in [2.24, 2.45) is 5.92 Å². The number of hydrogen-bond acceptors (Lipinski definition) is 3. The standard InChI is InChI=1S/C14H17BrN2O2/c15-12-9-11(16-14(18)10-1-2-10)3-4-13(12)17-5-7-19-8-6-17/h3-4,9-10H,1-2,5-8H2,(H,16,18). The third-order valence-electron chi connectivity index (χ3n) is 3.52. The van der Waals surface area contributed by atoms with Crippen LogP contribution in [0.25, 0.3) is 0 Å². The molecule has 0 radical (unpaired) electrons. The van der Waals surface area contributed by atoms with Gasteiger partial charge in [0.15, 0.2) is 0 Å². The van der Waals surface area contributed by atoms with Crippen molar-refractivity contribution in [1.29, 1.82) is 0 Å². The summed E-state index contributed by atoms with van der Waals surface area (Å²) in [5.74, 6) is 0.378. The minimum Gasteiger partial charge on any atom is -0.378 e. The molecule has 1 saturated heterocycles. The van der Waals surface area contributed by atoms with Gasteiger partial charge < -0.3 is 15.0 Å². The summed E-state index contributed by atoms with van der Waals surface area (Å²) in [7, 11) is 0. The van der Waals surface area contributed by atoms with Crippen LogP contribution in [0.4, 0.5) is 11.4 Å². The zero-order valence-corrected chi connectivity index (χ0v) is 12.3. The molecule has 0 bridgehead atoms. The van der Waals surface area contributed by atoms with Crippen LogP contribution in [0, 0.1) is 5.92 Å². The normalized spacial score (nSPS) is 19.3. The van der Waals surface area contributed by atoms with Gasteiger partial charge in [-0.3, -0.25) is 4.79 Å². The van der Waals surface area contributed by atoms with E-state index in [9.17, 15) is 4.79 Å². The lowest BCUT2D eigenvalue weighted by molar-refractivity contribution is -0.117. The second-order valence-corrected chi connectivity index (χ2v) is 5.88. The Morgan fingerprint density at radius 2 is 2.05 bits per heavy atom. The fraction of sp³-hybridized carbons (Fsp3) is 0.500. The van der Waals surface area contributed by atoms with E-state index >= 15 is 0 Å². The van der Waals surface area contributed by atoms with Crippen molar-refractivity contribution >= 4 is 33.2 Å². The minimum absolute atomic E-state index is 0.144. The molecule has 1 aromatic carbocycles. The number of ether oxygens (including phenoxy) is 1. The van der Waals surface area contributed by atoms with Gasteiger partial charge in [0, 0.05) is 29.2 Å². The fourth-order valence-electron chi connectivity index (χ4n) is 2.24. The third-order valence-corrected chi connectivity index (χ3v) is 4.15. The summed E-state index contributed by atoms with van der Waals surface area (Å²) in [5.41, 5.74) is 2.02. The average Bonchev–Trinajstić information content (AvgIpc) is 3.24. The van der Waals surface area contributed by atoms with E-state index in [-0.39, 0.29) is 11.8 Å². The van der Waals surface area contributed by atoms with Gasteiger partial charge in [-0.1, -0.05) is 0 Å². The van der Waals surface area contributed by atoms with E-state index in [2.05, 4.69) is 32.2 Å². The third kappa shape index (κ3) is 3.09. The Morgan fingerprint density at radius 1 is 1.32 bits per heavy atom. The van der Waals surface area contributed by atoms with E-state index in [4.69, 9.17) is 4.74 Å². The molecule has 4 nitrogen and oxygen atoms in total. The molecule has 0 spiro atoms. The highest BCUT2D eigenvalue weighted by molar-refractivity contribution is 9.10. The largest absolute Gasteiger partial charge is 0.378 e. The van der Waals surface area contributed by atoms with Crippen molar-refractivity contribution in [2.45, 2.75) is 12.8 Å². The summed E-state index contributed by atoms with van der Waals surface area (Å²) < 4.78 is 6.37. The molecule has 1 N–H and O–H groups in total. The Hall–Kier alpha value is -1.07. The van der Waals surface area contributed by atoms with E-state index in [0.29, 0.717) is 0 Å². The lowest BCUT2D eigenvalue weighted by Gasteiger charge is -2.29. The van der Waals surface area contributed by atoms with Crippen LogP contribution in [0.1, 0.15) is 12.8 Å². The monoisotopic (exact) mass is 324 g/mol. The smallest absolute Gasteiger partial charge is 0.227 e. The highest BCUT2D eigenvalue weighted by atomic mass is 79.9. The maximum Gasteiger partial charge on any atom is 0.227 e. The predicted molar refractivity (Wildman–Crippen MR) is 78.5 cm³/mol. The minimum atomic E-state index is 0.144. The van der Waals surface area contributed by atoms with Gasteiger partial charge in [0.25, 0.3) is 0 Å². The molecule has 1 aliphatic heterocycles. The highest BCUT2D eigenvalue weighted by Crippen LogP contribution is 2.32. The van der Waals surface area contributed by atoms with E-state index < -0.39 is 0 Å². The number of rotatable bonds is 3. The van der Waals surface area contributed by atoms with Gasteiger partial charge in [-0.25, -0.2) is 0 Å². The van der Waals surface area contributed by atoms with Gasteiger partial charge in [0.2, 0.25) is 5.91 Å². The molecule has 5 heteroatoms. The molecule has 0 unspecified atom stereocenters. The van der Waals surface area contributed by atoms with Crippen LogP contribution in [-0.4, -0.2) is 32.2 Å². The van der Waals surface area contributed by atoms with Crippen LogP contribution < -0.4 is 10.2 Å². The Labute approximate surface area is 121 Å². The fourth-order valence-corrected chi connectivity index (χ4v) is 2.86. The van der Waals surface area contributed by atoms with Gasteiger partial charge in [0.1, 0.15) is 0 Å². The second-order valence-electron chi connectivity index (χ2n) is 5.03. The summed E-state index contributed by atoms with van der Waals surface area (Å²) in [6.45, 7) is 3.36. The lowest BCUT2D eigenvalue weighted by Crippen LogP contribution is -2.36. The first kappa shape index (κ1) is 12.9. The van der Waals surface area contributed by atoms with Gasteiger partial charge in [-0.2, -0.15) is 0 Å². The van der Waals surface area contributed by atoms with Crippen LogP contribution in [0.2, 0.25) is 0 Å². The molecule has 1 aromatic rings. The maximum absolute atomic E-state index is 11.7. The lowest BCUT2D eigenvalue weighted by atomic mass is 10.2. The number of anilines is 2. The van der Waals surface area contributed by atoms with Gasteiger partial charge in [-0.15, -0.1) is 0 Å². The number of nitrogens with one attached hydrogen (secondary N) is 1. The molecule has 1 heterocycles. The number of nitrogens with zero attached hydrogens (tertiary/aromatic N) is 1. The molecule has 1 amide bonds. The zero-order valence-electron chi connectivity index (χ0n) is 10.7. The Balaban J connectivity index is 1.71. The molecule has 1 saturated carbocycles. The van der Waals surface area contributed by atoms with Crippen molar-refractivity contribution in [1.82, 2.24) is 0 Å². The van der Waals surface area contributed by atoms with Crippen molar-refractivity contribution in [3.05, 3.63) is 22.7 Å². The number of halogens is 1. The van der Waals surface area contributed by atoms with E-state index in [1.54, 1.807) is 0 Å². The quantitative estimate of drug-likeness (QED) is 0.929. The molecule has 3 rings (SSSR count). The summed E-state index contributed by atoms with van der Waals surface area (Å²) in [6.07, 6.45) is 2.05. The van der Waals surface area contributed by atoms with Gasteiger partial charge in [-0.05, 0) is 47.0 Å². The van der Waals surface area contributed by atoms with Crippen LogP contribution in [0.5, 0.6) is 0 Å². The number of carbonyl (C=O) groups is 1. The molecule has 2 aliphatic rings. The van der Waals surface area contributed by atoms with Crippen molar-refractivity contribution in [3.8, 4) is 0 Å². The molecule has 19 heavy (non-hydrogen) atoms. The summed E-state index contributed by atoms with van der Waals surface area (Å²) >= 11 is 3.59. The van der Waals surface area contributed by atoms with E-state index in [0.717, 1.165) is 55.0 Å². The van der Waals surface area contributed by atoms with Gasteiger partial charge in [0.05, 0.1) is 18.9 Å². The van der Waals surface area contributed by atoms with E-state index in [1.165, 1.54) is 0 Å². The zero-order chi connectivity index (χ0) is 13.2. The molecule has 2 fully saturated rings. The Kier molecular flexibility index (Phi) is 3.75. The summed E-state index contributed by atoms with van der Waals surface area (Å²) in [6, 6.07) is 6.00. The first-order chi connectivity index (χ1) is 9.24. The number of amides is 1. The molecule has 102 valence electrons. The number of hydrogen-bond donors (Lipinski definition) is 1. The van der Waals surface area contributed by atoms with Crippen LogP contribution >= 0.6 is 15.9 Å². The van der Waals surface area contributed by atoms with E-state index in [1.807, 2.05) is 12.1 Å². The van der Waals surface area contributed by atoms with Crippen LogP contribution in [0.15, 0.2) is 22.7 Å². The highest BCUT2D eigenvalue weighted by Gasteiger charge is 2.29. The first-order valence-electron chi connectivity index (χ1n) is 6.67. The second kappa shape index (κ2) is 5.51. The number of morpholine rings is 1. The molecule has 0 atom stereocenters. The topological polar surface area (TPSA) is 41.6 Å². The SMILES string of the molecule is O=C(Nc1ccc(N2CCOCC2)c(Br)c1)C1CC1. The molecule has 1 aliphatic carbocycles. The maximum atomic E-state index is 11.7. The number of carbonyl (C=O) groups excluding carboxylic acids is 1. The molecular weight excluding hydrogens is 308 g/mol. The first-order valence-corrected chi connectivity index (χ1v) is 7.46. The number of benzene rings is 1.